The summed E-state index contributed by atoms with van der Waals surface area (Å²) in [5, 5.41) is 0. The van der Waals surface area contributed by atoms with Gasteiger partial charge in [0.2, 0.25) is 0 Å². The SMILES string of the molecule is CCCCC(N)c1nc2cc(C)ccc2n1C. The maximum atomic E-state index is 6.20. The molecule has 2 aromatic rings. The van der Waals surface area contributed by atoms with Crippen LogP contribution < -0.4 is 5.73 Å². The van der Waals surface area contributed by atoms with Gasteiger partial charge in [0.25, 0.3) is 0 Å². The number of imidazole rings is 1. The summed E-state index contributed by atoms with van der Waals surface area (Å²) >= 11 is 0. The molecule has 1 heterocycles. The average Bonchev–Trinajstić information content (AvgIpc) is 2.63. The molecule has 3 nitrogen and oxygen atoms in total. The molecule has 0 saturated carbocycles. The fourth-order valence-corrected chi connectivity index (χ4v) is 2.21. The van der Waals surface area contributed by atoms with Gasteiger partial charge in [-0.25, -0.2) is 4.98 Å². The number of nitrogens with zero attached hydrogens (tertiary/aromatic N) is 2. The smallest absolute Gasteiger partial charge is 0.126 e. The van der Waals surface area contributed by atoms with Crippen molar-refractivity contribution in [2.24, 2.45) is 12.8 Å². The highest BCUT2D eigenvalue weighted by Gasteiger charge is 2.14. The van der Waals surface area contributed by atoms with Gasteiger partial charge in [-0.05, 0) is 31.0 Å². The second-order valence-electron chi connectivity index (χ2n) is 4.77. The Morgan fingerprint density at radius 3 is 2.88 bits per heavy atom. The summed E-state index contributed by atoms with van der Waals surface area (Å²) in [6.07, 6.45) is 3.34. The summed E-state index contributed by atoms with van der Waals surface area (Å²) in [6, 6.07) is 6.40. The van der Waals surface area contributed by atoms with Crippen molar-refractivity contribution in [3.8, 4) is 0 Å². The van der Waals surface area contributed by atoms with Crippen LogP contribution >= 0.6 is 0 Å². The molecule has 0 spiro atoms. The molecule has 0 saturated heterocycles. The van der Waals surface area contributed by atoms with Gasteiger partial charge in [-0.15, -0.1) is 0 Å². The quantitative estimate of drug-likeness (QED) is 0.878. The zero-order chi connectivity index (χ0) is 12.4. The van der Waals surface area contributed by atoms with E-state index in [0.29, 0.717) is 0 Å². The van der Waals surface area contributed by atoms with Gasteiger partial charge in [0.05, 0.1) is 17.1 Å². The van der Waals surface area contributed by atoms with Gasteiger partial charge in [0, 0.05) is 7.05 Å². The van der Waals surface area contributed by atoms with E-state index in [2.05, 4.69) is 41.6 Å². The fraction of sp³-hybridized carbons (Fsp3) is 0.500. The van der Waals surface area contributed by atoms with Gasteiger partial charge in [-0.2, -0.15) is 0 Å². The van der Waals surface area contributed by atoms with Gasteiger partial charge >= 0.3 is 0 Å². The number of fused-ring (bicyclic) bond motifs is 1. The van der Waals surface area contributed by atoms with E-state index < -0.39 is 0 Å². The van der Waals surface area contributed by atoms with Crippen LogP contribution in [0, 0.1) is 6.92 Å². The number of benzene rings is 1. The summed E-state index contributed by atoms with van der Waals surface area (Å²) in [7, 11) is 2.05. The van der Waals surface area contributed by atoms with Crippen LogP contribution in [0.2, 0.25) is 0 Å². The summed E-state index contributed by atoms with van der Waals surface area (Å²) < 4.78 is 2.12. The van der Waals surface area contributed by atoms with Crippen LogP contribution in [-0.4, -0.2) is 9.55 Å². The van der Waals surface area contributed by atoms with E-state index in [-0.39, 0.29) is 6.04 Å². The molecular formula is C14H21N3. The maximum Gasteiger partial charge on any atom is 0.126 e. The lowest BCUT2D eigenvalue weighted by Crippen LogP contribution is -2.15. The molecule has 92 valence electrons. The minimum absolute atomic E-state index is 0.0488. The first kappa shape index (κ1) is 12.1. The Labute approximate surface area is 103 Å². The molecule has 0 amide bonds. The van der Waals surface area contributed by atoms with Gasteiger partial charge in [0.15, 0.2) is 0 Å². The van der Waals surface area contributed by atoms with Crippen LogP contribution in [0.1, 0.15) is 43.6 Å². The Kier molecular flexibility index (Phi) is 3.48. The first-order valence-corrected chi connectivity index (χ1v) is 6.32. The highest BCUT2D eigenvalue weighted by atomic mass is 15.1. The maximum absolute atomic E-state index is 6.20. The van der Waals surface area contributed by atoms with E-state index in [1.807, 2.05) is 7.05 Å². The van der Waals surface area contributed by atoms with Crippen molar-refractivity contribution >= 4 is 11.0 Å². The van der Waals surface area contributed by atoms with Crippen LogP contribution in [0.15, 0.2) is 18.2 Å². The van der Waals surface area contributed by atoms with Gasteiger partial charge in [-0.1, -0.05) is 25.8 Å². The zero-order valence-electron chi connectivity index (χ0n) is 10.9. The van der Waals surface area contributed by atoms with E-state index in [9.17, 15) is 0 Å². The number of nitrogens with two attached hydrogens (primary N) is 1. The zero-order valence-corrected chi connectivity index (χ0v) is 10.9. The van der Waals surface area contributed by atoms with Crippen LogP contribution in [0.3, 0.4) is 0 Å². The highest BCUT2D eigenvalue weighted by Crippen LogP contribution is 2.22. The average molecular weight is 231 g/mol. The Morgan fingerprint density at radius 1 is 1.41 bits per heavy atom. The molecule has 0 bridgehead atoms. The molecule has 2 rings (SSSR count). The molecule has 2 N–H and O–H groups in total. The lowest BCUT2D eigenvalue weighted by Gasteiger charge is -2.10. The second-order valence-corrected chi connectivity index (χ2v) is 4.77. The summed E-state index contributed by atoms with van der Waals surface area (Å²) in [6.45, 7) is 4.27. The topological polar surface area (TPSA) is 43.8 Å². The summed E-state index contributed by atoms with van der Waals surface area (Å²) in [4.78, 5) is 4.66. The van der Waals surface area contributed by atoms with E-state index in [4.69, 9.17) is 5.73 Å². The first-order chi connectivity index (χ1) is 8.13. The third kappa shape index (κ3) is 2.34. The van der Waals surface area contributed by atoms with Crippen molar-refractivity contribution in [2.75, 3.05) is 0 Å². The number of unbranched alkanes of at least 4 members (excludes halogenated alkanes) is 1. The van der Waals surface area contributed by atoms with Crippen molar-refractivity contribution in [3.63, 3.8) is 0 Å². The van der Waals surface area contributed by atoms with Crippen molar-refractivity contribution in [1.82, 2.24) is 9.55 Å². The monoisotopic (exact) mass is 231 g/mol. The Hall–Kier alpha value is -1.35. The van der Waals surface area contributed by atoms with Crippen LogP contribution in [0.5, 0.6) is 0 Å². The van der Waals surface area contributed by atoms with Crippen LogP contribution in [0.4, 0.5) is 0 Å². The predicted octanol–water partition coefficient (Wildman–Crippen LogP) is 3.07. The molecule has 0 fully saturated rings. The molecule has 3 heteroatoms. The number of rotatable bonds is 4. The minimum Gasteiger partial charge on any atom is -0.330 e. The molecule has 1 unspecified atom stereocenters. The Bertz CT molecular complexity index is 513. The lowest BCUT2D eigenvalue weighted by molar-refractivity contribution is 0.561. The summed E-state index contributed by atoms with van der Waals surface area (Å²) in [5.41, 5.74) is 9.66. The molecule has 0 radical (unpaired) electrons. The first-order valence-electron chi connectivity index (χ1n) is 6.32. The highest BCUT2D eigenvalue weighted by molar-refractivity contribution is 5.76. The predicted molar refractivity (Wildman–Crippen MR) is 71.9 cm³/mol. The molecule has 1 aromatic heterocycles. The van der Waals surface area contributed by atoms with E-state index in [0.717, 1.165) is 29.7 Å². The van der Waals surface area contributed by atoms with E-state index in [1.165, 1.54) is 12.0 Å². The van der Waals surface area contributed by atoms with Crippen molar-refractivity contribution in [3.05, 3.63) is 29.6 Å². The second kappa shape index (κ2) is 4.88. The molecule has 17 heavy (non-hydrogen) atoms. The van der Waals surface area contributed by atoms with Crippen LogP contribution in [0.25, 0.3) is 11.0 Å². The minimum atomic E-state index is 0.0488. The van der Waals surface area contributed by atoms with Gasteiger partial charge < -0.3 is 10.3 Å². The molecule has 0 aliphatic carbocycles. The van der Waals surface area contributed by atoms with Crippen molar-refractivity contribution in [2.45, 2.75) is 39.2 Å². The normalized spacial score (nSPS) is 13.2. The molecule has 0 aliphatic rings. The Morgan fingerprint density at radius 2 is 2.18 bits per heavy atom. The van der Waals surface area contributed by atoms with Crippen molar-refractivity contribution < 1.29 is 0 Å². The lowest BCUT2D eigenvalue weighted by atomic mass is 10.1. The van der Waals surface area contributed by atoms with E-state index >= 15 is 0 Å². The molecule has 1 aromatic carbocycles. The van der Waals surface area contributed by atoms with Gasteiger partial charge in [0.1, 0.15) is 5.82 Å². The number of aromatic nitrogens is 2. The molecule has 1 atom stereocenters. The number of hydrogen-bond donors (Lipinski definition) is 1. The molecular weight excluding hydrogens is 210 g/mol. The third-order valence-corrected chi connectivity index (χ3v) is 3.27. The number of aryl methyl sites for hydroxylation is 2. The Balaban J connectivity index is 2.37. The standard InChI is InChI=1S/C14H21N3/c1-4-5-6-11(15)14-16-12-9-10(2)7-8-13(12)17(14)3/h7-9,11H,4-6,15H2,1-3H3. The fourth-order valence-electron chi connectivity index (χ4n) is 2.21. The molecule has 0 aliphatic heterocycles. The van der Waals surface area contributed by atoms with Gasteiger partial charge in [-0.3, -0.25) is 0 Å². The van der Waals surface area contributed by atoms with Crippen molar-refractivity contribution in [1.29, 1.82) is 0 Å². The van der Waals surface area contributed by atoms with Crippen LogP contribution in [-0.2, 0) is 7.05 Å². The third-order valence-electron chi connectivity index (χ3n) is 3.27. The number of hydrogen-bond acceptors (Lipinski definition) is 2. The summed E-state index contributed by atoms with van der Waals surface area (Å²) in [5.74, 6) is 0.999. The largest absolute Gasteiger partial charge is 0.330 e. The van der Waals surface area contributed by atoms with E-state index in [1.54, 1.807) is 0 Å².